The number of unbranched alkanes of at least 4 members (excludes halogenated alkanes) is 34. The maximum Gasteiger partial charge on any atom is 0.162 e. The fourth-order valence-corrected chi connectivity index (χ4v) is 9.41. The molecule has 2 unspecified atom stereocenters. The van der Waals surface area contributed by atoms with E-state index in [1.54, 1.807) is 0 Å². The molecule has 0 N–H and O–H groups in total. The summed E-state index contributed by atoms with van der Waals surface area (Å²) in [5.74, 6) is 3.80. The van der Waals surface area contributed by atoms with E-state index in [1.165, 1.54) is 218 Å². The van der Waals surface area contributed by atoms with Crippen LogP contribution in [0, 0.1) is 0 Å². The normalized spacial score (nSPS) is 13.3. The average molecular weight is 1010 g/mol. The summed E-state index contributed by atoms with van der Waals surface area (Å²) in [4.78, 5) is 0. The van der Waals surface area contributed by atoms with E-state index < -0.39 is 0 Å². The molecule has 0 radical (unpaired) electrons. The molecule has 0 aromatic carbocycles. The second-order valence-electron chi connectivity index (χ2n) is 21.1. The van der Waals surface area contributed by atoms with Crippen LogP contribution in [0.4, 0.5) is 0 Å². The molecule has 0 saturated carbocycles. The standard InChI is InChI=1S/C64H126O7/c1-9-17-23-29-35-37-39-45-51-61(66-53-47-41-31-25-19-11-3)63(68-55-49-43-33-27-21-13-5)59(15-7)70-57-65-58-71-60(16-8)64(69-56-50-44-34-28-22-14-6)62(67-54-48-42-32-26-20-12-4)52-46-40-38-36-30-24-18-10-2/h59-60H,9-58H2,1-8H3. The highest BCUT2D eigenvalue weighted by Gasteiger charge is 2.24. The van der Waals surface area contributed by atoms with Crippen LogP contribution in [-0.4, -0.2) is 52.2 Å². The minimum atomic E-state index is -0.240. The first kappa shape index (κ1) is 69.6. The lowest BCUT2D eigenvalue weighted by Gasteiger charge is -2.25. The van der Waals surface area contributed by atoms with Gasteiger partial charge in [0.25, 0.3) is 0 Å². The van der Waals surface area contributed by atoms with Crippen molar-refractivity contribution < 1.29 is 33.2 Å². The third-order valence-corrected chi connectivity index (χ3v) is 14.2. The van der Waals surface area contributed by atoms with Crippen LogP contribution in [0.2, 0.25) is 0 Å². The molecule has 0 aliphatic rings. The molecule has 0 amide bonds. The van der Waals surface area contributed by atoms with Gasteiger partial charge in [0.1, 0.15) is 23.7 Å². The molecule has 0 fully saturated rings. The van der Waals surface area contributed by atoms with Gasteiger partial charge in [-0.25, -0.2) is 0 Å². The Balaban J connectivity index is 6.23. The lowest BCUT2D eigenvalue weighted by molar-refractivity contribution is -0.166. The zero-order chi connectivity index (χ0) is 51.8. The van der Waals surface area contributed by atoms with Crippen molar-refractivity contribution >= 4 is 0 Å². The Hall–Kier alpha value is -1.44. The van der Waals surface area contributed by atoms with Crippen molar-refractivity contribution in [3.05, 3.63) is 23.0 Å². The topological polar surface area (TPSA) is 64.6 Å². The van der Waals surface area contributed by atoms with E-state index in [0.717, 1.165) is 100 Å². The predicted octanol–water partition coefficient (Wildman–Crippen LogP) is 21.5. The highest BCUT2D eigenvalue weighted by Crippen LogP contribution is 2.27. The first-order chi connectivity index (χ1) is 35.1. The number of hydrogen-bond acceptors (Lipinski definition) is 7. The quantitative estimate of drug-likeness (QED) is 0.0342. The molecule has 0 aromatic rings. The third-order valence-electron chi connectivity index (χ3n) is 14.2. The molecule has 0 heterocycles. The predicted molar refractivity (Wildman–Crippen MR) is 307 cm³/mol. The SMILES string of the molecule is CCCCCCCCCCC(OCCCCCCCC)=C(OCCCCCCCC)C(CC)OCOCOC(CC)C(OCCCCCCCC)=C(CCCCCCCCCC)OCCCCCCCC. The van der Waals surface area contributed by atoms with Crippen LogP contribution in [0.25, 0.3) is 0 Å². The summed E-state index contributed by atoms with van der Waals surface area (Å²) in [6, 6.07) is 0. The van der Waals surface area contributed by atoms with E-state index in [-0.39, 0.29) is 25.8 Å². The summed E-state index contributed by atoms with van der Waals surface area (Å²) < 4.78 is 46.5. The Morgan fingerprint density at radius 3 is 0.732 bits per heavy atom. The van der Waals surface area contributed by atoms with Crippen molar-refractivity contribution in [1.82, 2.24) is 0 Å². The molecule has 7 nitrogen and oxygen atoms in total. The highest BCUT2D eigenvalue weighted by atomic mass is 16.7. The van der Waals surface area contributed by atoms with Gasteiger partial charge < -0.3 is 33.2 Å². The Morgan fingerprint density at radius 1 is 0.254 bits per heavy atom. The Bertz CT molecular complexity index is 1020. The smallest absolute Gasteiger partial charge is 0.162 e. The first-order valence-electron chi connectivity index (χ1n) is 31.9. The van der Waals surface area contributed by atoms with Crippen molar-refractivity contribution in [3.8, 4) is 0 Å². The maximum atomic E-state index is 6.78. The second-order valence-corrected chi connectivity index (χ2v) is 21.1. The van der Waals surface area contributed by atoms with Crippen LogP contribution in [0.3, 0.4) is 0 Å². The number of rotatable bonds is 60. The zero-order valence-corrected chi connectivity index (χ0v) is 49.4. The molecule has 7 heteroatoms. The maximum absolute atomic E-state index is 6.78. The van der Waals surface area contributed by atoms with Crippen LogP contribution in [-0.2, 0) is 33.2 Å². The monoisotopic (exact) mass is 1010 g/mol. The summed E-state index contributed by atoms with van der Waals surface area (Å²) in [7, 11) is 0. The molecule has 71 heavy (non-hydrogen) atoms. The van der Waals surface area contributed by atoms with Crippen molar-refractivity contribution in [1.29, 1.82) is 0 Å². The van der Waals surface area contributed by atoms with Gasteiger partial charge in [-0.05, 0) is 51.4 Å². The van der Waals surface area contributed by atoms with Gasteiger partial charge in [0.15, 0.2) is 25.1 Å². The van der Waals surface area contributed by atoms with Gasteiger partial charge in [0.05, 0.1) is 26.4 Å². The van der Waals surface area contributed by atoms with Gasteiger partial charge in [0, 0.05) is 12.8 Å². The van der Waals surface area contributed by atoms with Crippen molar-refractivity contribution in [2.45, 2.75) is 350 Å². The van der Waals surface area contributed by atoms with Crippen LogP contribution in [0.1, 0.15) is 338 Å². The average Bonchev–Trinajstić information content (AvgIpc) is 3.38. The largest absolute Gasteiger partial charge is 0.494 e. The molecular weight excluding hydrogens is 881 g/mol. The third kappa shape index (κ3) is 44.6. The van der Waals surface area contributed by atoms with E-state index in [0.29, 0.717) is 13.2 Å². The van der Waals surface area contributed by atoms with Gasteiger partial charge in [-0.3, -0.25) is 0 Å². The van der Waals surface area contributed by atoms with Crippen LogP contribution in [0.5, 0.6) is 0 Å². The minimum Gasteiger partial charge on any atom is -0.494 e. The van der Waals surface area contributed by atoms with Gasteiger partial charge in [0.2, 0.25) is 0 Å². The van der Waals surface area contributed by atoms with E-state index in [9.17, 15) is 0 Å². The lowest BCUT2D eigenvalue weighted by atomic mass is 10.1. The summed E-state index contributed by atoms with van der Waals surface area (Å²) >= 11 is 0. The van der Waals surface area contributed by atoms with E-state index in [1.807, 2.05) is 0 Å². The first-order valence-corrected chi connectivity index (χ1v) is 31.9. The fraction of sp³-hybridized carbons (Fsp3) is 0.938. The molecular formula is C64H126O7. The van der Waals surface area contributed by atoms with Gasteiger partial charge >= 0.3 is 0 Å². The van der Waals surface area contributed by atoms with E-state index >= 15 is 0 Å². The molecule has 0 bridgehead atoms. The van der Waals surface area contributed by atoms with Crippen molar-refractivity contribution in [2.75, 3.05) is 40.0 Å². The lowest BCUT2D eigenvalue weighted by Crippen LogP contribution is -2.24. The number of ether oxygens (including phenoxy) is 7. The second kappa shape index (κ2) is 57.8. The molecule has 0 aliphatic heterocycles. The molecule has 0 saturated heterocycles. The van der Waals surface area contributed by atoms with E-state index in [4.69, 9.17) is 33.2 Å². The molecule has 0 aromatic heterocycles. The Kier molecular flexibility index (Phi) is 56.7. The van der Waals surface area contributed by atoms with Crippen LogP contribution in [0.15, 0.2) is 23.0 Å². The zero-order valence-electron chi connectivity index (χ0n) is 49.4. The highest BCUT2D eigenvalue weighted by molar-refractivity contribution is 5.09. The molecule has 424 valence electrons. The Morgan fingerprint density at radius 2 is 0.479 bits per heavy atom. The summed E-state index contributed by atoms with van der Waals surface area (Å²) in [6.45, 7) is 21.2. The fourth-order valence-electron chi connectivity index (χ4n) is 9.41. The summed E-state index contributed by atoms with van der Waals surface area (Å²) in [5, 5.41) is 0. The van der Waals surface area contributed by atoms with Gasteiger partial charge in [-0.1, -0.05) is 274 Å². The molecule has 0 rings (SSSR count). The van der Waals surface area contributed by atoms with E-state index in [2.05, 4.69) is 55.4 Å². The summed E-state index contributed by atoms with van der Waals surface area (Å²) in [6.07, 6.45) is 53.3. The van der Waals surface area contributed by atoms with Crippen LogP contribution >= 0.6 is 0 Å². The summed E-state index contributed by atoms with van der Waals surface area (Å²) in [5.41, 5.74) is 0. The minimum absolute atomic E-state index is 0.124. The van der Waals surface area contributed by atoms with Crippen molar-refractivity contribution in [3.63, 3.8) is 0 Å². The Labute approximate surface area is 444 Å². The van der Waals surface area contributed by atoms with Crippen LogP contribution < -0.4 is 0 Å². The number of hydrogen-bond donors (Lipinski definition) is 0. The number of allylic oxidation sites excluding steroid dienone is 2. The van der Waals surface area contributed by atoms with Gasteiger partial charge in [-0.15, -0.1) is 0 Å². The van der Waals surface area contributed by atoms with Gasteiger partial charge in [-0.2, -0.15) is 0 Å². The molecule has 0 aliphatic carbocycles. The molecule has 0 spiro atoms. The molecule has 2 atom stereocenters. The van der Waals surface area contributed by atoms with Crippen molar-refractivity contribution in [2.24, 2.45) is 0 Å².